The van der Waals surface area contributed by atoms with Gasteiger partial charge in [-0.2, -0.15) is 15.8 Å². The Bertz CT molecular complexity index is 1440. The van der Waals surface area contributed by atoms with Crippen molar-refractivity contribution in [2.75, 3.05) is 0 Å². The fraction of sp³-hybridized carbons (Fsp3) is 0.0455. The molecular weight excluding hydrogens is 458 g/mol. The summed E-state index contributed by atoms with van der Waals surface area (Å²) in [6.45, 7) is 4.07. The van der Waals surface area contributed by atoms with Gasteiger partial charge in [0.05, 0.1) is 22.3 Å². The van der Waals surface area contributed by atoms with Gasteiger partial charge in [0.2, 0.25) is 0 Å². The number of halogens is 8. The molecule has 0 spiro atoms. The number of rotatable bonds is 2. The molecule has 0 radical (unpaired) electrons. The Balaban J connectivity index is 2.42. The highest BCUT2D eigenvalue weighted by Gasteiger charge is 2.41. The summed E-state index contributed by atoms with van der Waals surface area (Å²) in [6.07, 6.45) is 0. The van der Waals surface area contributed by atoms with Crippen LogP contribution in [0.4, 0.5) is 35.1 Å². The molecule has 164 valence electrons. The van der Waals surface area contributed by atoms with E-state index in [1.54, 1.807) is 0 Å². The molecule has 1 aliphatic carbocycles. The summed E-state index contributed by atoms with van der Waals surface area (Å²) in [5.41, 5.74) is -9.53. The highest BCUT2D eigenvalue weighted by atomic mass is 19.2. The molecule has 1 fully saturated rings. The van der Waals surface area contributed by atoms with Crippen LogP contribution in [0.1, 0.15) is 22.3 Å². The van der Waals surface area contributed by atoms with E-state index in [1.165, 1.54) is 12.1 Å². The van der Waals surface area contributed by atoms with Gasteiger partial charge in [0.1, 0.15) is 23.8 Å². The van der Waals surface area contributed by atoms with Gasteiger partial charge < -0.3 is 0 Å². The van der Waals surface area contributed by atoms with Gasteiger partial charge in [-0.3, -0.25) is 0 Å². The maximum absolute atomic E-state index is 14.4. The van der Waals surface area contributed by atoms with E-state index in [0.717, 1.165) is 13.0 Å². The zero-order valence-corrected chi connectivity index (χ0v) is 16.1. The summed E-state index contributed by atoms with van der Waals surface area (Å²) >= 11 is 0. The minimum Gasteiger partial charge on any atom is -0.203 e. The molecule has 0 saturated heterocycles. The molecule has 3 nitrogen and oxygen atoms in total. The molecular formula is C22H5F8N3. The third-order valence-electron chi connectivity index (χ3n) is 4.87. The van der Waals surface area contributed by atoms with E-state index in [4.69, 9.17) is 5.26 Å². The Morgan fingerprint density at radius 3 is 1.24 bits per heavy atom. The molecule has 0 bridgehead atoms. The van der Waals surface area contributed by atoms with Gasteiger partial charge in [-0.25, -0.2) is 35.1 Å². The van der Waals surface area contributed by atoms with Crippen molar-refractivity contribution < 1.29 is 35.1 Å². The summed E-state index contributed by atoms with van der Waals surface area (Å²) in [7, 11) is 0. The first kappa shape index (κ1) is 23.2. The van der Waals surface area contributed by atoms with Gasteiger partial charge in [-0.05, 0) is 12.5 Å². The summed E-state index contributed by atoms with van der Waals surface area (Å²) < 4.78 is 113. The lowest BCUT2D eigenvalue weighted by Crippen LogP contribution is -2.06. The van der Waals surface area contributed by atoms with Crippen LogP contribution in [0, 0.1) is 87.5 Å². The van der Waals surface area contributed by atoms with Crippen LogP contribution in [0.3, 0.4) is 0 Å². The van der Waals surface area contributed by atoms with Crippen molar-refractivity contribution in [3.63, 3.8) is 0 Å². The third kappa shape index (κ3) is 3.16. The van der Waals surface area contributed by atoms with Crippen molar-refractivity contribution in [3.05, 3.63) is 92.1 Å². The zero-order chi connectivity index (χ0) is 24.9. The molecule has 1 aliphatic rings. The van der Waals surface area contributed by atoms with Crippen LogP contribution < -0.4 is 0 Å². The second kappa shape index (κ2) is 7.92. The minimum absolute atomic E-state index is 0.410. The lowest BCUT2D eigenvalue weighted by molar-refractivity contribution is 0.442. The molecule has 0 aliphatic heterocycles. The van der Waals surface area contributed by atoms with Crippen LogP contribution in [-0.2, 0) is 0 Å². The Kier molecular flexibility index (Phi) is 5.58. The first-order valence-corrected chi connectivity index (χ1v) is 8.54. The Labute approximate surface area is 180 Å². The van der Waals surface area contributed by atoms with Gasteiger partial charge in [-0.15, -0.1) is 0 Å². The van der Waals surface area contributed by atoms with Gasteiger partial charge in [0.25, 0.3) is 0 Å². The van der Waals surface area contributed by atoms with Crippen molar-refractivity contribution in [1.82, 2.24) is 0 Å². The number of nitrogens with zero attached hydrogens (tertiary/aromatic N) is 3. The fourth-order valence-corrected chi connectivity index (χ4v) is 3.16. The number of allylic oxidation sites excluding steroid dienone is 5. The molecule has 0 aromatic heterocycles. The molecule has 3 rings (SSSR count). The van der Waals surface area contributed by atoms with Gasteiger partial charge in [0.15, 0.2) is 46.5 Å². The third-order valence-corrected chi connectivity index (χ3v) is 4.87. The fourth-order valence-electron chi connectivity index (χ4n) is 3.16. The van der Waals surface area contributed by atoms with Crippen molar-refractivity contribution in [1.29, 1.82) is 15.8 Å². The number of hydrogen-bond donors (Lipinski definition) is 0. The van der Waals surface area contributed by atoms with E-state index in [9.17, 15) is 45.6 Å². The Morgan fingerprint density at radius 2 is 0.939 bits per heavy atom. The smallest absolute Gasteiger partial charge is 0.180 e. The van der Waals surface area contributed by atoms with Crippen LogP contribution in [0.15, 0.2) is 23.3 Å². The van der Waals surface area contributed by atoms with E-state index >= 15 is 0 Å². The van der Waals surface area contributed by atoms with E-state index in [-0.39, 0.29) is 0 Å². The number of hydrogen-bond acceptors (Lipinski definition) is 3. The predicted molar refractivity (Wildman–Crippen MR) is 96.2 cm³/mol. The van der Waals surface area contributed by atoms with E-state index in [2.05, 4.69) is 6.58 Å². The maximum atomic E-state index is 14.4. The zero-order valence-electron chi connectivity index (χ0n) is 16.1. The van der Waals surface area contributed by atoms with Crippen LogP contribution in [0.5, 0.6) is 0 Å². The van der Waals surface area contributed by atoms with Crippen LogP contribution in [-0.4, -0.2) is 0 Å². The lowest BCUT2D eigenvalue weighted by Gasteiger charge is -2.09. The first-order valence-electron chi connectivity index (χ1n) is 8.54. The lowest BCUT2D eigenvalue weighted by atomic mass is 9.99. The second-order valence-corrected chi connectivity index (χ2v) is 6.58. The summed E-state index contributed by atoms with van der Waals surface area (Å²) in [5.74, 6) is -16.0. The monoisotopic (exact) mass is 463 g/mol. The van der Waals surface area contributed by atoms with E-state index in [0.29, 0.717) is 0 Å². The topological polar surface area (TPSA) is 71.4 Å². The Hall–Kier alpha value is -4.43. The molecule has 11 heteroatoms. The predicted octanol–water partition coefficient (Wildman–Crippen LogP) is 5.80. The molecule has 1 saturated carbocycles. The average Bonchev–Trinajstić information content (AvgIpc) is 3.45. The average molecular weight is 463 g/mol. The molecule has 0 unspecified atom stereocenters. The SMILES string of the molecule is C=C1C(=C(/C#N)c2c(F)c(F)c(C)c(F)c2F)/C1=C(/C#N)c1c(F)c(F)c(C#N)c(F)c1F. The largest absolute Gasteiger partial charge is 0.203 e. The van der Waals surface area contributed by atoms with Crippen molar-refractivity contribution >= 4 is 11.1 Å². The standard InChI is InChI=1S/C22H5F8N3/c1-6-11(8(3-31)13-19(27)15(23)7(2)16(24)20(13)28)12(6)9(4-32)14-21(29)17(25)10(5-33)18(26)22(14)30/h1H2,2H3/b11-8+,12-9-. The van der Waals surface area contributed by atoms with Gasteiger partial charge in [-0.1, -0.05) is 6.58 Å². The molecule has 0 N–H and O–H groups in total. The molecule has 0 amide bonds. The summed E-state index contributed by atoms with van der Waals surface area (Å²) in [4.78, 5) is 0. The number of benzene rings is 2. The van der Waals surface area contributed by atoms with Crippen molar-refractivity contribution in [3.8, 4) is 18.2 Å². The molecule has 33 heavy (non-hydrogen) atoms. The highest BCUT2D eigenvalue weighted by molar-refractivity contribution is 6.05. The summed E-state index contributed by atoms with van der Waals surface area (Å²) in [5, 5.41) is 27.4. The van der Waals surface area contributed by atoms with Crippen LogP contribution >= 0.6 is 0 Å². The highest BCUT2D eigenvalue weighted by Crippen LogP contribution is 2.53. The van der Waals surface area contributed by atoms with Gasteiger partial charge >= 0.3 is 0 Å². The molecule has 0 atom stereocenters. The van der Waals surface area contributed by atoms with Crippen LogP contribution in [0.25, 0.3) is 11.1 Å². The van der Waals surface area contributed by atoms with Crippen molar-refractivity contribution in [2.45, 2.75) is 6.92 Å². The molecule has 2 aromatic carbocycles. The molecule has 0 heterocycles. The summed E-state index contributed by atoms with van der Waals surface area (Å²) in [6, 6.07) is 3.44. The van der Waals surface area contributed by atoms with Crippen molar-refractivity contribution in [2.24, 2.45) is 0 Å². The van der Waals surface area contributed by atoms with E-state index in [1.807, 2.05) is 0 Å². The van der Waals surface area contributed by atoms with Crippen LogP contribution in [0.2, 0.25) is 0 Å². The quantitative estimate of drug-likeness (QED) is 0.321. The Morgan fingerprint density at radius 1 is 0.606 bits per heavy atom. The minimum atomic E-state index is -2.13. The number of nitriles is 3. The second-order valence-electron chi connectivity index (χ2n) is 6.58. The first-order chi connectivity index (χ1) is 15.5. The molecule has 2 aromatic rings. The van der Waals surface area contributed by atoms with E-state index < -0.39 is 96.7 Å². The normalized spacial score (nSPS) is 15.5. The van der Waals surface area contributed by atoms with Gasteiger partial charge in [0, 0.05) is 16.7 Å². The maximum Gasteiger partial charge on any atom is 0.180 e.